The zero-order valence-corrected chi connectivity index (χ0v) is 12.5. The van der Waals surface area contributed by atoms with Gasteiger partial charge < -0.3 is 14.8 Å². The first-order valence-corrected chi connectivity index (χ1v) is 7.90. The van der Waals surface area contributed by atoms with Crippen LogP contribution in [0.15, 0.2) is 27.2 Å². The molecule has 1 atom stereocenters. The van der Waals surface area contributed by atoms with E-state index in [1.807, 2.05) is 12.1 Å². The molecule has 2 N–H and O–H groups in total. The lowest BCUT2D eigenvalue weighted by molar-refractivity contribution is -0.133. The summed E-state index contributed by atoms with van der Waals surface area (Å²) in [5, 5.41) is 20.5. The Morgan fingerprint density at radius 3 is 3.15 bits per heavy atom. The maximum absolute atomic E-state index is 10.5. The molecule has 0 fully saturated rings. The van der Waals surface area contributed by atoms with Gasteiger partial charge in [-0.1, -0.05) is 23.1 Å². The highest BCUT2D eigenvalue weighted by Crippen LogP contribution is 2.26. The fourth-order valence-corrected chi connectivity index (χ4v) is 3.13. The molecule has 0 saturated carbocycles. The van der Waals surface area contributed by atoms with Crippen molar-refractivity contribution in [3.05, 3.63) is 24.2 Å². The van der Waals surface area contributed by atoms with Gasteiger partial charge in [-0.05, 0) is 25.5 Å². The summed E-state index contributed by atoms with van der Waals surface area (Å²) >= 11 is 2.55. The van der Waals surface area contributed by atoms with Crippen LogP contribution >= 0.6 is 23.1 Å². The molecule has 0 aliphatic heterocycles. The predicted octanol–water partition coefficient (Wildman–Crippen LogP) is 2.74. The smallest absolute Gasteiger partial charge is 0.313 e. The summed E-state index contributed by atoms with van der Waals surface area (Å²) in [7, 11) is 0. The molecular formula is C12H15N3O3S2. The summed E-state index contributed by atoms with van der Waals surface area (Å²) in [6.07, 6.45) is 3.45. The van der Waals surface area contributed by atoms with Crippen molar-refractivity contribution in [3.63, 3.8) is 0 Å². The van der Waals surface area contributed by atoms with E-state index in [-0.39, 0.29) is 11.8 Å². The molecule has 0 aliphatic rings. The molecule has 20 heavy (non-hydrogen) atoms. The number of furan rings is 1. The summed E-state index contributed by atoms with van der Waals surface area (Å²) in [5.41, 5.74) is 0. The normalized spacial score (nSPS) is 12.2. The fourth-order valence-electron chi connectivity index (χ4n) is 1.55. The van der Waals surface area contributed by atoms with Crippen LogP contribution in [0.1, 0.15) is 19.1 Å². The minimum absolute atomic E-state index is 0.00266. The Kier molecular flexibility index (Phi) is 5.42. The van der Waals surface area contributed by atoms with Crippen molar-refractivity contribution in [3.8, 4) is 0 Å². The first-order chi connectivity index (χ1) is 9.63. The molecule has 2 aromatic heterocycles. The van der Waals surface area contributed by atoms with Crippen LogP contribution in [0.5, 0.6) is 0 Å². The molecule has 0 spiro atoms. The summed E-state index contributed by atoms with van der Waals surface area (Å²) in [6.45, 7) is 2.06. The number of nitrogens with zero attached hydrogens (tertiary/aromatic N) is 2. The summed E-state index contributed by atoms with van der Waals surface area (Å²) in [4.78, 5) is 10.5. The van der Waals surface area contributed by atoms with E-state index in [0.717, 1.165) is 18.6 Å². The number of rotatable bonds is 8. The van der Waals surface area contributed by atoms with Crippen molar-refractivity contribution in [2.45, 2.75) is 30.1 Å². The molecule has 0 aromatic carbocycles. The molecule has 0 aliphatic carbocycles. The minimum atomic E-state index is -0.855. The Balaban J connectivity index is 1.76. The van der Waals surface area contributed by atoms with E-state index in [9.17, 15) is 4.79 Å². The third-order valence-electron chi connectivity index (χ3n) is 2.50. The number of anilines is 1. The number of aryl methyl sites for hydroxylation is 1. The number of carboxylic acid groups (broad SMARTS) is 1. The average molecular weight is 313 g/mol. The van der Waals surface area contributed by atoms with Gasteiger partial charge in [-0.3, -0.25) is 4.79 Å². The topological polar surface area (TPSA) is 88.3 Å². The number of hydrogen-bond acceptors (Lipinski definition) is 7. The first kappa shape index (κ1) is 14.9. The molecule has 1 unspecified atom stereocenters. The average Bonchev–Trinajstić information content (AvgIpc) is 3.05. The van der Waals surface area contributed by atoms with Crippen molar-refractivity contribution < 1.29 is 14.3 Å². The van der Waals surface area contributed by atoms with Gasteiger partial charge in [0.05, 0.1) is 12.0 Å². The van der Waals surface area contributed by atoms with E-state index >= 15 is 0 Å². The molecule has 2 aromatic rings. The lowest BCUT2D eigenvalue weighted by atomic mass is 10.1. The van der Waals surface area contributed by atoms with E-state index in [1.165, 1.54) is 23.1 Å². The van der Waals surface area contributed by atoms with Gasteiger partial charge in [-0.2, -0.15) is 0 Å². The molecular weight excluding hydrogens is 298 g/mol. The Bertz CT molecular complexity index is 542. The zero-order valence-electron chi connectivity index (χ0n) is 10.9. The Morgan fingerprint density at radius 2 is 2.45 bits per heavy atom. The van der Waals surface area contributed by atoms with E-state index in [1.54, 1.807) is 6.26 Å². The molecule has 0 amide bonds. The Labute approximate surface area is 124 Å². The number of carbonyl (C=O) groups is 1. The second kappa shape index (κ2) is 7.30. The molecule has 0 saturated heterocycles. The van der Waals surface area contributed by atoms with Gasteiger partial charge in [-0.25, -0.2) is 0 Å². The third kappa shape index (κ3) is 4.86. The Morgan fingerprint density at radius 1 is 1.60 bits per heavy atom. The van der Waals surface area contributed by atoms with Gasteiger partial charge in [-0.15, -0.1) is 10.2 Å². The van der Waals surface area contributed by atoms with Crippen LogP contribution in [-0.2, 0) is 11.2 Å². The summed E-state index contributed by atoms with van der Waals surface area (Å²) < 4.78 is 5.94. The number of aliphatic carboxylic acids is 1. The molecule has 2 heterocycles. The second-order valence-electron chi connectivity index (χ2n) is 4.22. The Hall–Kier alpha value is -1.54. The number of thioether (sulfide) groups is 1. The van der Waals surface area contributed by atoms with E-state index in [2.05, 4.69) is 22.4 Å². The van der Waals surface area contributed by atoms with Crippen LogP contribution in [0.3, 0.4) is 0 Å². The van der Waals surface area contributed by atoms with E-state index < -0.39 is 5.97 Å². The van der Waals surface area contributed by atoms with Crippen molar-refractivity contribution in [1.82, 2.24) is 10.2 Å². The quantitative estimate of drug-likeness (QED) is 0.724. The van der Waals surface area contributed by atoms with Crippen molar-refractivity contribution in [2.24, 2.45) is 0 Å². The number of nitrogens with one attached hydrogen (secondary N) is 1. The fraction of sp³-hybridized carbons (Fsp3) is 0.417. The van der Waals surface area contributed by atoms with Crippen LogP contribution in [0.25, 0.3) is 0 Å². The standard InChI is InChI=1S/C12H15N3O3S2/c1-8(4-5-9-3-2-6-18-9)13-11-14-15-12(20-11)19-7-10(16)17/h2-3,6,8H,4-5,7H2,1H3,(H,13,14)(H,16,17). The maximum Gasteiger partial charge on any atom is 0.313 e. The van der Waals surface area contributed by atoms with Gasteiger partial charge in [0, 0.05) is 12.5 Å². The van der Waals surface area contributed by atoms with Gasteiger partial charge in [0.1, 0.15) is 5.76 Å². The molecule has 6 nitrogen and oxygen atoms in total. The number of carboxylic acids is 1. The van der Waals surface area contributed by atoms with Crippen LogP contribution in [-0.4, -0.2) is 33.1 Å². The molecule has 8 heteroatoms. The first-order valence-electron chi connectivity index (χ1n) is 6.10. The second-order valence-corrected chi connectivity index (χ2v) is 6.42. The number of hydrogen-bond donors (Lipinski definition) is 2. The highest BCUT2D eigenvalue weighted by Gasteiger charge is 2.10. The monoisotopic (exact) mass is 313 g/mol. The third-order valence-corrected chi connectivity index (χ3v) is 4.47. The molecule has 108 valence electrons. The summed E-state index contributed by atoms with van der Waals surface area (Å²) in [6, 6.07) is 4.08. The molecule has 0 bridgehead atoms. The molecule has 2 rings (SSSR count). The van der Waals surface area contributed by atoms with E-state index in [4.69, 9.17) is 9.52 Å². The van der Waals surface area contributed by atoms with Crippen LogP contribution in [0.2, 0.25) is 0 Å². The van der Waals surface area contributed by atoms with Crippen molar-refractivity contribution >= 4 is 34.2 Å². The van der Waals surface area contributed by atoms with Gasteiger partial charge in [0.15, 0.2) is 4.34 Å². The van der Waals surface area contributed by atoms with Crippen LogP contribution in [0.4, 0.5) is 5.13 Å². The van der Waals surface area contributed by atoms with Crippen LogP contribution < -0.4 is 5.32 Å². The lowest BCUT2D eigenvalue weighted by Gasteiger charge is -2.10. The highest BCUT2D eigenvalue weighted by atomic mass is 32.2. The lowest BCUT2D eigenvalue weighted by Crippen LogP contribution is -2.15. The van der Waals surface area contributed by atoms with Gasteiger partial charge in [0.25, 0.3) is 0 Å². The largest absolute Gasteiger partial charge is 0.481 e. The minimum Gasteiger partial charge on any atom is -0.481 e. The van der Waals surface area contributed by atoms with E-state index in [0.29, 0.717) is 9.47 Å². The van der Waals surface area contributed by atoms with Crippen molar-refractivity contribution in [2.75, 3.05) is 11.1 Å². The van der Waals surface area contributed by atoms with Crippen LogP contribution in [0, 0.1) is 0 Å². The van der Waals surface area contributed by atoms with Gasteiger partial charge in [0.2, 0.25) is 5.13 Å². The number of aromatic nitrogens is 2. The highest BCUT2D eigenvalue weighted by molar-refractivity contribution is 8.01. The summed E-state index contributed by atoms with van der Waals surface area (Å²) in [5.74, 6) is 0.114. The predicted molar refractivity (Wildman–Crippen MR) is 78.4 cm³/mol. The maximum atomic E-state index is 10.5. The van der Waals surface area contributed by atoms with Crippen molar-refractivity contribution in [1.29, 1.82) is 0 Å². The molecule has 0 radical (unpaired) electrons. The van der Waals surface area contributed by atoms with Gasteiger partial charge >= 0.3 is 5.97 Å². The SMILES string of the molecule is CC(CCc1ccco1)Nc1nnc(SCC(=O)O)s1. The zero-order chi connectivity index (χ0) is 14.4.